The van der Waals surface area contributed by atoms with Gasteiger partial charge in [0.25, 0.3) is 0 Å². The van der Waals surface area contributed by atoms with Crippen LogP contribution in [0.15, 0.2) is 24.3 Å². The minimum atomic E-state index is -1.33. The number of carboxylic acid groups (broad SMARTS) is 1. The number of aliphatic hydroxyl groups excluding tert-OH is 1. The van der Waals surface area contributed by atoms with Crippen molar-refractivity contribution in [1.29, 1.82) is 0 Å². The Morgan fingerprint density at radius 1 is 1.35 bits per heavy atom. The third kappa shape index (κ3) is 8.28. The maximum absolute atomic E-state index is 12.1. The van der Waals surface area contributed by atoms with E-state index in [1.54, 1.807) is 0 Å². The smallest absolute Gasteiger partial charge is 0.332 e. The van der Waals surface area contributed by atoms with E-state index in [0.29, 0.717) is 25.7 Å². The number of unbranched alkanes of at least 4 members (excludes halogenated alkanes) is 1. The van der Waals surface area contributed by atoms with Crippen molar-refractivity contribution < 1.29 is 24.9 Å². The third-order valence-electron chi connectivity index (χ3n) is 5.11. The van der Waals surface area contributed by atoms with Crippen LogP contribution in [0.2, 0.25) is 0 Å². The second-order valence-electron chi connectivity index (χ2n) is 7.65. The van der Waals surface area contributed by atoms with Gasteiger partial charge in [-0.2, -0.15) is 0 Å². The largest absolute Gasteiger partial charge is 0.479 e. The first-order valence-electron chi connectivity index (χ1n) is 9.74. The van der Waals surface area contributed by atoms with E-state index >= 15 is 0 Å². The molecule has 0 heterocycles. The Labute approximate surface area is 156 Å². The molecule has 1 aliphatic carbocycles. The number of hydrogen-bond donors (Lipinski definition) is 3. The summed E-state index contributed by atoms with van der Waals surface area (Å²) in [7, 11) is 0. The molecule has 1 saturated carbocycles. The lowest BCUT2D eigenvalue weighted by Gasteiger charge is -2.21. The predicted molar refractivity (Wildman–Crippen MR) is 102 cm³/mol. The van der Waals surface area contributed by atoms with E-state index in [4.69, 9.17) is 5.11 Å². The van der Waals surface area contributed by atoms with Gasteiger partial charge in [0, 0.05) is 12.3 Å². The monoisotopic (exact) mass is 366 g/mol. The minimum Gasteiger partial charge on any atom is -0.479 e. The van der Waals surface area contributed by atoms with Crippen LogP contribution in [0.5, 0.6) is 0 Å². The molecule has 148 valence electrons. The highest BCUT2D eigenvalue weighted by Crippen LogP contribution is 2.33. The maximum atomic E-state index is 12.1. The number of carbonyl (C=O) groups excluding carboxylic acids is 1. The number of rotatable bonds is 12. The van der Waals surface area contributed by atoms with Crippen molar-refractivity contribution in [3.05, 3.63) is 24.3 Å². The molecule has 26 heavy (non-hydrogen) atoms. The second kappa shape index (κ2) is 11.3. The highest BCUT2D eigenvalue weighted by molar-refractivity contribution is 5.83. The van der Waals surface area contributed by atoms with Gasteiger partial charge in [-0.15, -0.1) is 0 Å². The Morgan fingerprint density at radius 3 is 2.73 bits per heavy atom. The number of carboxylic acids is 1. The Balaban J connectivity index is 2.45. The molecule has 5 heteroatoms. The van der Waals surface area contributed by atoms with Gasteiger partial charge in [-0.05, 0) is 51.4 Å². The van der Waals surface area contributed by atoms with Crippen LogP contribution < -0.4 is 0 Å². The third-order valence-corrected chi connectivity index (χ3v) is 5.11. The topological polar surface area (TPSA) is 94.8 Å². The maximum Gasteiger partial charge on any atom is 0.332 e. The van der Waals surface area contributed by atoms with Gasteiger partial charge in [-0.25, -0.2) is 4.79 Å². The number of aliphatic carboxylic acids is 1. The van der Waals surface area contributed by atoms with E-state index in [9.17, 15) is 19.8 Å². The normalized spacial score (nSPS) is 24.4. The number of allylic oxidation sites excluding steroid dienone is 3. The molecular formula is C21H34O5. The van der Waals surface area contributed by atoms with Crippen LogP contribution in [-0.2, 0) is 9.59 Å². The van der Waals surface area contributed by atoms with Crippen LogP contribution in [-0.4, -0.2) is 38.8 Å². The fourth-order valence-corrected chi connectivity index (χ4v) is 3.37. The summed E-state index contributed by atoms with van der Waals surface area (Å²) >= 11 is 0. The molecule has 0 aromatic rings. The first-order valence-corrected chi connectivity index (χ1v) is 9.74. The van der Waals surface area contributed by atoms with E-state index in [1.807, 2.05) is 25.2 Å². The van der Waals surface area contributed by atoms with E-state index in [0.717, 1.165) is 25.7 Å². The lowest BCUT2D eigenvalue weighted by Crippen LogP contribution is -2.22. The molecule has 3 N–H and O–H groups in total. The van der Waals surface area contributed by atoms with Crippen LogP contribution in [0.4, 0.5) is 0 Å². The van der Waals surface area contributed by atoms with E-state index in [2.05, 4.69) is 13.0 Å². The summed E-state index contributed by atoms with van der Waals surface area (Å²) < 4.78 is 0. The Kier molecular flexibility index (Phi) is 9.81. The SMILES string of the molecule is CCCCC(C)(O)CC=C[C@H]1CCC(=O)[C@@H]1CC=CCCC(O)C(=O)O. The van der Waals surface area contributed by atoms with Crippen molar-refractivity contribution in [1.82, 2.24) is 0 Å². The molecular weight excluding hydrogens is 332 g/mol. The first kappa shape index (κ1) is 22.6. The summed E-state index contributed by atoms with van der Waals surface area (Å²) in [5.74, 6) is -0.761. The number of Topliss-reactive ketones (excluding diaryl/α,β-unsaturated/α-hetero) is 1. The van der Waals surface area contributed by atoms with Crippen molar-refractivity contribution in [2.24, 2.45) is 11.8 Å². The van der Waals surface area contributed by atoms with Crippen LogP contribution in [0.1, 0.15) is 71.6 Å². The van der Waals surface area contributed by atoms with Gasteiger partial charge in [0.1, 0.15) is 5.78 Å². The van der Waals surface area contributed by atoms with Gasteiger partial charge in [0.15, 0.2) is 6.10 Å². The Hall–Kier alpha value is -1.46. The average molecular weight is 366 g/mol. The van der Waals surface area contributed by atoms with Gasteiger partial charge < -0.3 is 15.3 Å². The highest BCUT2D eigenvalue weighted by atomic mass is 16.4. The molecule has 0 spiro atoms. The molecule has 0 bridgehead atoms. The quantitative estimate of drug-likeness (QED) is 0.458. The lowest BCUT2D eigenvalue weighted by molar-refractivity contribution is -0.146. The van der Waals surface area contributed by atoms with Gasteiger partial charge >= 0.3 is 5.97 Å². The first-order chi connectivity index (χ1) is 12.3. The van der Waals surface area contributed by atoms with Crippen LogP contribution in [0.25, 0.3) is 0 Å². The molecule has 4 atom stereocenters. The molecule has 0 saturated heterocycles. The molecule has 0 aromatic carbocycles. The summed E-state index contributed by atoms with van der Waals surface area (Å²) in [6, 6.07) is 0. The van der Waals surface area contributed by atoms with E-state index in [1.165, 1.54) is 0 Å². The van der Waals surface area contributed by atoms with Crippen molar-refractivity contribution in [2.45, 2.75) is 83.3 Å². The van der Waals surface area contributed by atoms with Gasteiger partial charge in [0.2, 0.25) is 0 Å². The van der Waals surface area contributed by atoms with Crippen LogP contribution in [0.3, 0.4) is 0 Å². The zero-order valence-electron chi connectivity index (χ0n) is 16.1. The van der Waals surface area contributed by atoms with Crippen molar-refractivity contribution >= 4 is 11.8 Å². The highest BCUT2D eigenvalue weighted by Gasteiger charge is 2.32. The van der Waals surface area contributed by atoms with Crippen molar-refractivity contribution in [3.63, 3.8) is 0 Å². The zero-order valence-corrected chi connectivity index (χ0v) is 16.1. The van der Waals surface area contributed by atoms with Crippen LogP contribution in [0, 0.1) is 11.8 Å². The number of aliphatic hydroxyl groups is 2. The average Bonchev–Trinajstić information content (AvgIpc) is 2.92. The van der Waals surface area contributed by atoms with Crippen LogP contribution >= 0.6 is 0 Å². The molecule has 0 aliphatic heterocycles. The van der Waals surface area contributed by atoms with Gasteiger partial charge in [-0.1, -0.05) is 44.1 Å². The van der Waals surface area contributed by atoms with Crippen molar-refractivity contribution in [3.8, 4) is 0 Å². The number of ketones is 1. The van der Waals surface area contributed by atoms with Gasteiger partial charge in [0.05, 0.1) is 5.60 Å². The Morgan fingerprint density at radius 2 is 2.08 bits per heavy atom. The number of carbonyl (C=O) groups is 2. The van der Waals surface area contributed by atoms with Gasteiger partial charge in [-0.3, -0.25) is 4.79 Å². The molecule has 0 radical (unpaired) electrons. The molecule has 1 aliphatic rings. The molecule has 2 unspecified atom stereocenters. The lowest BCUT2D eigenvalue weighted by atomic mass is 9.89. The minimum absolute atomic E-state index is 0.0347. The molecule has 0 amide bonds. The Bertz CT molecular complexity index is 507. The predicted octanol–water partition coefficient (Wildman–Crippen LogP) is 3.64. The summed E-state index contributed by atoms with van der Waals surface area (Å²) in [6.07, 6.45) is 12.7. The fourth-order valence-electron chi connectivity index (χ4n) is 3.37. The summed E-state index contributed by atoms with van der Waals surface area (Å²) in [5, 5.41) is 28.2. The second-order valence-corrected chi connectivity index (χ2v) is 7.65. The van der Waals surface area contributed by atoms with Crippen molar-refractivity contribution in [2.75, 3.05) is 0 Å². The summed E-state index contributed by atoms with van der Waals surface area (Å²) in [6.45, 7) is 3.97. The standard InChI is InChI=1S/C21H34O5/c1-3-4-14-21(2,26)15-8-9-16-12-13-18(22)17(16)10-6-5-7-11-19(23)20(24)25/h5-6,8-9,16-17,19,23,26H,3-4,7,10-15H2,1-2H3,(H,24,25)/t16-,17+,19?,21?/m0/s1. The summed E-state index contributed by atoms with van der Waals surface area (Å²) in [5.41, 5.74) is -0.685. The van der Waals surface area contributed by atoms with E-state index in [-0.39, 0.29) is 24.0 Å². The summed E-state index contributed by atoms with van der Waals surface area (Å²) in [4.78, 5) is 22.7. The zero-order chi connectivity index (χ0) is 19.6. The number of hydrogen-bond acceptors (Lipinski definition) is 4. The molecule has 1 rings (SSSR count). The molecule has 0 aromatic heterocycles. The molecule has 5 nitrogen and oxygen atoms in total. The molecule has 1 fully saturated rings. The van der Waals surface area contributed by atoms with E-state index < -0.39 is 17.7 Å². The fraction of sp³-hybridized carbons (Fsp3) is 0.714.